The largest absolute Gasteiger partial charge is 0.264 e. The van der Waals surface area contributed by atoms with Crippen LogP contribution in [0.5, 0.6) is 0 Å². The number of rotatable bonds is 9. The van der Waals surface area contributed by atoms with Crippen LogP contribution in [0.1, 0.15) is 36.2 Å². The summed E-state index contributed by atoms with van der Waals surface area (Å²) in [5.41, 5.74) is 1.40. The second-order valence-electron chi connectivity index (χ2n) is 5.98. The predicted molar refractivity (Wildman–Crippen MR) is 99.5 cm³/mol. The molecule has 0 aliphatic heterocycles. The zero-order valence-electron chi connectivity index (χ0n) is 14.6. The van der Waals surface area contributed by atoms with Crippen molar-refractivity contribution in [1.29, 1.82) is 0 Å². The first kappa shape index (κ1) is 20.6. The van der Waals surface area contributed by atoms with Gasteiger partial charge in [0.05, 0.1) is 12.5 Å². The summed E-state index contributed by atoms with van der Waals surface area (Å²) >= 11 is 0. The molecule has 0 spiro atoms. The molecule has 0 saturated carbocycles. The van der Waals surface area contributed by atoms with Crippen LogP contribution in [0, 0.1) is 0 Å². The van der Waals surface area contributed by atoms with Crippen molar-refractivity contribution in [2.24, 2.45) is 0 Å². The highest BCUT2D eigenvalue weighted by atomic mass is 32.2. The van der Waals surface area contributed by atoms with Crippen LogP contribution in [-0.2, 0) is 28.6 Å². The Hall–Kier alpha value is -1.74. The fraction of sp³-hybridized carbons (Fsp3) is 0.333. The molecule has 2 aromatic carbocycles. The lowest BCUT2D eigenvalue weighted by atomic mass is 9.99. The molecule has 2 aromatic rings. The van der Waals surface area contributed by atoms with Gasteiger partial charge in [-0.1, -0.05) is 60.7 Å². The van der Waals surface area contributed by atoms with Crippen molar-refractivity contribution >= 4 is 20.2 Å². The second-order valence-corrected chi connectivity index (χ2v) is 9.18. The molecule has 26 heavy (non-hydrogen) atoms. The molecule has 6 nitrogen and oxygen atoms in total. The highest BCUT2D eigenvalue weighted by Gasteiger charge is 2.23. The minimum atomic E-state index is -3.68. The van der Waals surface area contributed by atoms with Gasteiger partial charge in [0, 0.05) is 0 Å². The van der Waals surface area contributed by atoms with Gasteiger partial charge in [0.25, 0.3) is 20.2 Å². The minimum absolute atomic E-state index is 0.270. The van der Waals surface area contributed by atoms with E-state index in [2.05, 4.69) is 0 Å². The first-order valence-electron chi connectivity index (χ1n) is 8.00. The lowest BCUT2D eigenvalue weighted by molar-refractivity contribution is 0.152. The van der Waals surface area contributed by atoms with Crippen LogP contribution in [0.3, 0.4) is 0 Å². The maximum absolute atomic E-state index is 11.6. The summed E-state index contributed by atoms with van der Waals surface area (Å²) in [6.45, 7) is 0. The molecule has 0 heterocycles. The summed E-state index contributed by atoms with van der Waals surface area (Å²) in [4.78, 5) is 0. The normalized spacial score (nSPS) is 14.7. The lowest BCUT2D eigenvalue weighted by Gasteiger charge is -2.21. The molecule has 2 atom stereocenters. The zero-order chi connectivity index (χ0) is 19.2. The number of hydrogen-bond acceptors (Lipinski definition) is 6. The van der Waals surface area contributed by atoms with E-state index in [0.717, 1.165) is 12.5 Å². The number of benzene rings is 2. The van der Waals surface area contributed by atoms with E-state index in [0.29, 0.717) is 11.1 Å². The highest BCUT2D eigenvalue weighted by Crippen LogP contribution is 2.31. The van der Waals surface area contributed by atoms with E-state index in [-0.39, 0.29) is 12.8 Å². The van der Waals surface area contributed by atoms with Gasteiger partial charge in [-0.05, 0) is 24.0 Å². The first-order chi connectivity index (χ1) is 12.1. The number of hydrogen-bond donors (Lipinski definition) is 0. The van der Waals surface area contributed by atoms with Crippen LogP contribution >= 0.6 is 0 Å². The Balaban J connectivity index is 2.22. The molecule has 2 rings (SSSR count). The van der Waals surface area contributed by atoms with Gasteiger partial charge in [0.15, 0.2) is 0 Å². The third kappa shape index (κ3) is 7.25. The SMILES string of the molecule is CS(=O)(=O)O[C@H](CC[C@@H](OS(C)(=O)=O)c1ccccc1)c1ccccc1. The van der Waals surface area contributed by atoms with E-state index >= 15 is 0 Å². The quantitative estimate of drug-likeness (QED) is 0.603. The van der Waals surface area contributed by atoms with Crippen LogP contribution in [0.15, 0.2) is 60.7 Å². The second kappa shape index (κ2) is 8.77. The maximum atomic E-state index is 11.6. The van der Waals surface area contributed by atoms with Crippen molar-refractivity contribution in [3.05, 3.63) is 71.8 Å². The fourth-order valence-corrected chi connectivity index (χ4v) is 3.86. The van der Waals surface area contributed by atoms with Crippen LogP contribution in [0.25, 0.3) is 0 Å². The van der Waals surface area contributed by atoms with E-state index in [1.165, 1.54) is 0 Å². The van der Waals surface area contributed by atoms with Gasteiger partial charge in [-0.15, -0.1) is 0 Å². The molecule has 0 unspecified atom stereocenters. The van der Waals surface area contributed by atoms with E-state index in [4.69, 9.17) is 8.37 Å². The van der Waals surface area contributed by atoms with Crippen molar-refractivity contribution in [2.45, 2.75) is 25.0 Å². The summed E-state index contributed by atoms with van der Waals surface area (Å²) in [6, 6.07) is 17.9. The van der Waals surface area contributed by atoms with E-state index in [1.807, 2.05) is 12.1 Å². The smallest absolute Gasteiger partial charge is 0.262 e. The summed E-state index contributed by atoms with van der Waals surface area (Å²) in [6.07, 6.45) is 1.08. The molecule has 0 radical (unpaired) electrons. The van der Waals surface area contributed by atoms with Gasteiger partial charge >= 0.3 is 0 Å². The molecule has 8 heteroatoms. The van der Waals surface area contributed by atoms with E-state index < -0.39 is 32.4 Å². The average Bonchev–Trinajstić information content (AvgIpc) is 2.57. The third-order valence-electron chi connectivity index (χ3n) is 3.62. The molecule has 142 valence electrons. The predicted octanol–water partition coefficient (Wildman–Crippen LogP) is 3.20. The minimum Gasteiger partial charge on any atom is -0.262 e. The Morgan fingerprint density at radius 1 is 0.654 bits per heavy atom. The zero-order valence-corrected chi connectivity index (χ0v) is 16.2. The standard InChI is InChI=1S/C18H22O6S2/c1-25(19,20)23-17(15-9-5-3-6-10-15)13-14-18(24-26(2,21)22)16-11-7-4-8-12-16/h3-12,17-18H,13-14H2,1-2H3/t17-,18-/m1/s1. The Bertz CT molecular complexity index is 816. The van der Waals surface area contributed by atoms with Crippen molar-refractivity contribution in [1.82, 2.24) is 0 Å². The average molecular weight is 399 g/mol. The molecule has 0 saturated heterocycles. The van der Waals surface area contributed by atoms with Crippen LogP contribution < -0.4 is 0 Å². The van der Waals surface area contributed by atoms with Crippen LogP contribution in [-0.4, -0.2) is 29.3 Å². The molecule has 0 amide bonds. The Morgan fingerprint density at radius 3 is 1.23 bits per heavy atom. The first-order valence-corrected chi connectivity index (χ1v) is 11.6. The van der Waals surface area contributed by atoms with E-state index in [1.54, 1.807) is 48.5 Å². The third-order valence-corrected chi connectivity index (χ3v) is 4.78. The summed E-state index contributed by atoms with van der Waals surface area (Å²) in [5, 5.41) is 0. The van der Waals surface area contributed by atoms with E-state index in [9.17, 15) is 16.8 Å². The molecule has 0 aliphatic carbocycles. The molecular formula is C18H22O6S2. The molecular weight excluding hydrogens is 376 g/mol. The lowest BCUT2D eigenvalue weighted by Crippen LogP contribution is -2.15. The topological polar surface area (TPSA) is 86.7 Å². The molecule has 0 fully saturated rings. The summed E-state index contributed by atoms with van der Waals surface area (Å²) in [5.74, 6) is 0. The van der Waals surface area contributed by atoms with Gasteiger partial charge in [0.1, 0.15) is 12.2 Å². The van der Waals surface area contributed by atoms with Crippen molar-refractivity contribution in [2.75, 3.05) is 12.5 Å². The van der Waals surface area contributed by atoms with Crippen molar-refractivity contribution < 1.29 is 25.2 Å². The molecule has 0 aromatic heterocycles. The van der Waals surface area contributed by atoms with Crippen molar-refractivity contribution in [3.63, 3.8) is 0 Å². The maximum Gasteiger partial charge on any atom is 0.264 e. The highest BCUT2D eigenvalue weighted by molar-refractivity contribution is 7.86. The van der Waals surface area contributed by atoms with Gasteiger partial charge in [-0.2, -0.15) is 16.8 Å². The Labute approximate surface area is 155 Å². The molecule has 0 aliphatic rings. The molecule has 0 N–H and O–H groups in total. The molecule has 0 bridgehead atoms. The Kier molecular flexibility index (Phi) is 6.94. The van der Waals surface area contributed by atoms with Gasteiger partial charge < -0.3 is 0 Å². The van der Waals surface area contributed by atoms with Gasteiger partial charge in [0.2, 0.25) is 0 Å². The van der Waals surface area contributed by atoms with Gasteiger partial charge in [-0.25, -0.2) is 0 Å². The van der Waals surface area contributed by atoms with Crippen LogP contribution in [0.2, 0.25) is 0 Å². The Morgan fingerprint density at radius 2 is 0.962 bits per heavy atom. The van der Waals surface area contributed by atoms with Gasteiger partial charge in [-0.3, -0.25) is 8.37 Å². The monoisotopic (exact) mass is 398 g/mol. The van der Waals surface area contributed by atoms with Crippen molar-refractivity contribution in [3.8, 4) is 0 Å². The van der Waals surface area contributed by atoms with Crippen LogP contribution in [0.4, 0.5) is 0 Å². The summed E-state index contributed by atoms with van der Waals surface area (Å²) < 4.78 is 56.9. The fourth-order valence-electron chi connectivity index (χ4n) is 2.60. The summed E-state index contributed by atoms with van der Waals surface area (Å²) in [7, 11) is -7.36.